The lowest BCUT2D eigenvalue weighted by Gasteiger charge is -2.29. The van der Waals surface area contributed by atoms with Gasteiger partial charge in [0.2, 0.25) is 5.91 Å². The number of nitrogens with one attached hydrogen (secondary N) is 2. The molecule has 2 atom stereocenters. The normalized spacial score (nSPS) is 23.7. The van der Waals surface area contributed by atoms with Gasteiger partial charge in [-0.2, -0.15) is 0 Å². The SMILES string of the molecule is C[C@H]1OCCN[C@@H]1C(=O)NCc1nnc2n1CCCCC2.Cl.Cl. The molecule has 1 amide bonds. The van der Waals surface area contributed by atoms with Crippen molar-refractivity contribution in [1.82, 2.24) is 25.4 Å². The number of aromatic nitrogens is 3. The molecule has 1 fully saturated rings. The molecule has 3 rings (SSSR count). The minimum Gasteiger partial charge on any atom is -0.375 e. The van der Waals surface area contributed by atoms with Gasteiger partial charge in [-0.25, -0.2) is 0 Å². The molecule has 0 aliphatic carbocycles. The molecule has 9 heteroatoms. The van der Waals surface area contributed by atoms with Gasteiger partial charge in [-0.05, 0) is 19.8 Å². The smallest absolute Gasteiger partial charge is 0.240 e. The predicted octanol–water partition coefficient (Wildman–Crippen LogP) is 0.841. The van der Waals surface area contributed by atoms with Crippen molar-refractivity contribution in [2.45, 2.75) is 57.8 Å². The maximum Gasteiger partial charge on any atom is 0.240 e. The van der Waals surface area contributed by atoms with Gasteiger partial charge in [-0.15, -0.1) is 35.0 Å². The number of ether oxygens (including phenoxy) is 1. The van der Waals surface area contributed by atoms with Crippen LogP contribution in [-0.4, -0.2) is 46.0 Å². The molecular formula is C14H25Cl2N5O2. The Kier molecular flexibility index (Phi) is 8.25. The number of carbonyl (C=O) groups excluding carboxylic acids is 1. The molecule has 2 N–H and O–H groups in total. The van der Waals surface area contributed by atoms with Crippen molar-refractivity contribution < 1.29 is 9.53 Å². The van der Waals surface area contributed by atoms with Gasteiger partial charge < -0.3 is 19.9 Å². The number of halogens is 2. The second-order valence-corrected chi connectivity index (χ2v) is 5.72. The molecule has 1 aromatic heterocycles. The van der Waals surface area contributed by atoms with Crippen molar-refractivity contribution >= 4 is 30.7 Å². The highest BCUT2D eigenvalue weighted by molar-refractivity contribution is 5.85. The summed E-state index contributed by atoms with van der Waals surface area (Å²) >= 11 is 0. The fourth-order valence-electron chi connectivity index (χ4n) is 2.98. The summed E-state index contributed by atoms with van der Waals surface area (Å²) < 4.78 is 7.65. The van der Waals surface area contributed by atoms with Gasteiger partial charge in [0.1, 0.15) is 11.9 Å². The van der Waals surface area contributed by atoms with Gasteiger partial charge in [0.15, 0.2) is 5.82 Å². The first-order valence-electron chi connectivity index (χ1n) is 7.79. The summed E-state index contributed by atoms with van der Waals surface area (Å²) in [5.74, 6) is 1.86. The zero-order valence-electron chi connectivity index (χ0n) is 13.3. The molecule has 0 aromatic carbocycles. The molecule has 0 unspecified atom stereocenters. The number of carbonyl (C=O) groups is 1. The van der Waals surface area contributed by atoms with Crippen LogP contribution in [0.3, 0.4) is 0 Å². The largest absolute Gasteiger partial charge is 0.375 e. The van der Waals surface area contributed by atoms with Crippen molar-refractivity contribution in [3.63, 3.8) is 0 Å². The molecule has 2 aliphatic rings. The van der Waals surface area contributed by atoms with Gasteiger partial charge >= 0.3 is 0 Å². The Bertz CT molecular complexity index is 511. The first-order valence-corrected chi connectivity index (χ1v) is 7.79. The van der Waals surface area contributed by atoms with Crippen LogP contribution in [0.4, 0.5) is 0 Å². The third kappa shape index (κ3) is 4.79. The lowest BCUT2D eigenvalue weighted by Crippen LogP contribution is -2.55. The van der Waals surface area contributed by atoms with Gasteiger partial charge in [0.25, 0.3) is 0 Å². The molecule has 132 valence electrons. The van der Waals surface area contributed by atoms with Crippen LogP contribution in [0.15, 0.2) is 0 Å². The highest BCUT2D eigenvalue weighted by Gasteiger charge is 2.28. The second-order valence-electron chi connectivity index (χ2n) is 5.72. The van der Waals surface area contributed by atoms with E-state index in [1.165, 1.54) is 12.8 Å². The van der Waals surface area contributed by atoms with E-state index in [-0.39, 0.29) is 42.9 Å². The number of aryl methyl sites for hydroxylation is 1. The minimum absolute atomic E-state index is 0. The first-order chi connectivity index (χ1) is 10.3. The monoisotopic (exact) mass is 365 g/mol. The van der Waals surface area contributed by atoms with E-state index in [0.717, 1.165) is 31.0 Å². The van der Waals surface area contributed by atoms with Crippen LogP contribution in [0.25, 0.3) is 0 Å². The molecule has 7 nitrogen and oxygen atoms in total. The van der Waals surface area contributed by atoms with Crippen LogP contribution >= 0.6 is 24.8 Å². The molecule has 1 saturated heterocycles. The average molecular weight is 366 g/mol. The fourth-order valence-corrected chi connectivity index (χ4v) is 2.98. The van der Waals surface area contributed by atoms with Crippen molar-refractivity contribution in [3.8, 4) is 0 Å². The Balaban J connectivity index is 0.00000132. The number of fused-ring (bicyclic) bond motifs is 1. The number of nitrogens with zero attached hydrogens (tertiary/aromatic N) is 3. The zero-order chi connectivity index (χ0) is 14.7. The lowest BCUT2D eigenvalue weighted by atomic mass is 10.1. The third-order valence-electron chi connectivity index (χ3n) is 4.21. The standard InChI is InChI=1S/C14H23N5O2.2ClH/c1-10-13(15-6-8-21-10)14(20)16-9-12-18-17-11-5-3-2-4-7-19(11)12;;/h10,13,15H,2-9H2,1H3,(H,16,20);2*1H/t10-,13+;;/m1../s1. The van der Waals surface area contributed by atoms with Gasteiger partial charge in [0.05, 0.1) is 19.3 Å². The van der Waals surface area contributed by atoms with Crippen molar-refractivity contribution in [2.75, 3.05) is 13.2 Å². The fraction of sp³-hybridized carbons (Fsp3) is 0.786. The summed E-state index contributed by atoms with van der Waals surface area (Å²) in [6.07, 6.45) is 4.44. The van der Waals surface area contributed by atoms with Crippen LogP contribution in [0.1, 0.15) is 37.8 Å². The maximum atomic E-state index is 12.2. The van der Waals surface area contributed by atoms with Gasteiger partial charge in [-0.1, -0.05) is 6.42 Å². The molecule has 0 bridgehead atoms. The number of amides is 1. The number of morpholine rings is 1. The Morgan fingerprint density at radius 2 is 2.17 bits per heavy atom. The summed E-state index contributed by atoms with van der Waals surface area (Å²) in [6.45, 7) is 4.66. The number of rotatable bonds is 3. The Morgan fingerprint density at radius 1 is 1.35 bits per heavy atom. The van der Waals surface area contributed by atoms with E-state index in [4.69, 9.17) is 4.74 Å². The highest BCUT2D eigenvalue weighted by Crippen LogP contribution is 2.14. The van der Waals surface area contributed by atoms with E-state index in [0.29, 0.717) is 19.7 Å². The van der Waals surface area contributed by atoms with E-state index in [1.807, 2.05) is 6.92 Å². The van der Waals surface area contributed by atoms with E-state index in [1.54, 1.807) is 0 Å². The minimum atomic E-state index is -0.287. The van der Waals surface area contributed by atoms with Crippen molar-refractivity contribution in [2.24, 2.45) is 0 Å². The topological polar surface area (TPSA) is 81.1 Å². The van der Waals surface area contributed by atoms with Crippen molar-refractivity contribution in [1.29, 1.82) is 0 Å². The van der Waals surface area contributed by atoms with Gasteiger partial charge in [-0.3, -0.25) is 4.79 Å². The van der Waals surface area contributed by atoms with Crippen LogP contribution in [0.5, 0.6) is 0 Å². The van der Waals surface area contributed by atoms with Crippen LogP contribution in [0.2, 0.25) is 0 Å². The van der Waals surface area contributed by atoms with E-state index < -0.39 is 0 Å². The molecular weight excluding hydrogens is 341 g/mol. The lowest BCUT2D eigenvalue weighted by molar-refractivity contribution is -0.129. The maximum absolute atomic E-state index is 12.2. The quantitative estimate of drug-likeness (QED) is 0.829. The molecule has 0 saturated carbocycles. The molecule has 23 heavy (non-hydrogen) atoms. The zero-order valence-corrected chi connectivity index (χ0v) is 14.9. The summed E-state index contributed by atoms with van der Waals surface area (Å²) in [5.41, 5.74) is 0. The Labute approximate surface area is 148 Å². The third-order valence-corrected chi connectivity index (χ3v) is 4.21. The first kappa shape index (κ1) is 20.2. The number of hydrogen-bond donors (Lipinski definition) is 2. The van der Waals surface area contributed by atoms with Crippen LogP contribution in [0, 0.1) is 0 Å². The Hall–Kier alpha value is -0.890. The number of hydrogen-bond acceptors (Lipinski definition) is 5. The van der Waals surface area contributed by atoms with E-state index >= 15 is 0 Å². The van der Waals surface area contributed by atoms with Gasteiger partial charge in [0, 0.05) is 19.5 Å². The van der Waals surface area contributed by atoms with Crippen LogP contribution in [-0.2, 0) is 29.0 Å². The average Bonchev–Trinajstić information content (AvgIpc) is 2.72. The molecule has 2 aliphatic heterocycles. The summed E-state index contributed by atoms with van der Waals surface area (Å²) in [4.78, 5) is 12.2. The highest BCUT2D eigenvalue weighted by atomic mass is 35.5. The summed E-state index contributed by atoms with van der Waals surface area (Å²) in [5, 5.41) is 14.6. The summed E-state index contributed by atoms with van der Waals surface area (Å²) in [6, 6.07) is -0.287. The molecule has 0 radical (unpaired) electrons. The predicted molar refractivity (Wildman–Crippen MR) is 91.1 cm³/mol. The summed E-state index contributed by atoms with van der Waals surface area (Å²) in [7, 11) is 0. The molecule has 3 heterocycles. The molecule has 0 spiro atoms. The second kappa shape index (κ2) is 9.42. The van der Waals surface area contributed by atoms with E-state index in [9.17, 15) is 4.79 Å². The van der Waals surface area contributed by atoms with Crippen molar-refractivity contribution in [3.05, 3.63) is 11.6 Å². The van der Waals surface area contributed by atoms with Crippen LogP contribution < -0.4 is 10.6 Å². The molecule has 1 aromatic rings. The van der Waals surface area contributed by atoms with E-state index in [2.05, 4.69) is 25.4 Å². The Morgan fingerprint density at radius 3 is 2.96 bits per heavy atom.